The Morgan fingerprint density at radius 1 is 1.33 bits per heavy atom. The fourth-order valence-electron chi connectivity index (χ4n) is 2.98. The Labute approximate surface area is 127 Å². The summed E-state index contributed by atoms with van der Waals surface area (Å²) in [5, 5.41) is 0. The van der Waals surface area contributed by atoms with Crippen molar-refractivity contribution in [1.29, 1.82) is 0 Å². The molecule has 0 saturated heterocycles. The highest BCUT2D eigenvalue weighted by molar-refractivity contribution is 5.79. The molecule has 0 heterocycles. The summed E-state index contributed by atoms with van der Waals surface area (Å²) < 4.78 is 5.15. The molecule has 4 nitrogen and oxygen atoms in total. The minimum absolute atomic E-state index is 0.0781. The first kappa shape index (κ1) is 16.0. The first-order chi connectivity index (χ1) is 10.2. The van der Waals surface area contributed by atoms with Gasteiger partial charge in [0, 0.05) is 32.2 Å². The zero-order valence-corrected chi connectivity index (χ0v) is 12.8. The second-order valence-electron chi connectivity index (χ2n) is 5.86. The molecule has 21 heavy (non-hydrogen) atoms. The summed E-state index contributed by atoms with van der Waals surface area (Å²) in [6, 6.07) is 10.3. The molecule has 1 aliphatic carbocycles. The lowest BCUT2D eigenvalue weighted by atomic mass is 9.85. The van der Waals surface area contributed by atoms with E-state index < -0.39 is 0 Å². The molecule has 1 saturated carbocycles. The zero-order valence-electron chi connectivity index (χ0n) is 12.8. The lowest BCUT2D eigenvalue weighted by Gasteiger charge is -2.31. The Bertz CT molecular complexity index is 436. The summed E-state index contributed by atoms with van der Waals surface area (Å²) in [4.78, 5) is 14.7. The van der Waals surface area contributed by atoms with Crippen LogP contribution in [-0.2, 0) is 16.1 Å². The van der Waals surface area contributed by atoms with Crippen LogP contribution in [0.2, 0.25) is 0 Å². The van der Waals surface area contributed by atoms with E-state index in [2.05, 4.69) is 12.1 Å². The van der Waals surface area contributed by atoms with E-state index in [0.717, 1.165) is 31.2 Å². The number of nitrogens with two attached hydrogens (primary N) is 1. The molecule has 2 unspecified atom stereocenters. The topological polar surface area (TPSA) is 55.6 Å². The van der Waals surface area contributed by atoms with Crippen molar-refractivity contribution in [2.45, 2.75) is 38.3 Å². The SMILES string of the molecule is COCCN(Cc1ccccc1)C(=O)C1CCCC(N)C1. The van der Waals surface area contributed by atoms with Gasteiger partial charge < -0.3 is 15.4 Å². The third-order valence-corrected chi connectivity index (χ3v) is 4.16. The summed E-state index contributed by atoms with van der Waals surface area (Å²) >= 11 is 0. The van der Waals surface area contributed by atoms with Crippen molar-refractivity contribution in [1.82, 2.24) is 4.90 Å². The molecule has 1 amide bonds. The molecular weight excluding hydrogens is 264 g/mol. The number of rotatable bonds is 6. The number of nitrogens with zero attached hydrogens (tertiary/aromatic N) is 1. The minimum Gasteiger partial charge on any atom is -0.383 e. The van der Waals surface area contributed by atoms with Gasteiger partial charge in [-0.05, 0) is 24.8 Å². The van der Waals surface area contributed by atoms with Crippen LogP contribution in [0.4, 0.5) is 0 Å². The van der Waals surface area contributed by atoms with Crippen LogP contribution in [-0.4, -0.2) is 37.1 Å². The highest BCUT2D eigenvalue weighted by atomic mass is 16.5. The molecule has 1 aromatic rings. The van der Waals surface area contributed by atoms with E-state index in [4.69, 9.17) is 10.5 Å². The summed E-state index contributed by atoms with van der Waals surface area (Å²) in [5.41, 5.74) is 7.18. The zero-order chi connectivity index (χ0) is 15.1. The van der Waals surface area contributed by atoms with Gasteiger partial charge in [0.15, 0.2) is 0 Å². The summed E-state index contributed by atoms with van der Waals surface area (Å²) in [7, 11) is 1.67. The van der Waals surface area contributed by atoms with Gasteiger partial charge in [0.05, 0.1) is 6.61 Å². The Hall–Kier alpha value is -1.39. The lowest BCUT2D eigenvalue weighted by Crippen LogP contribution is -2.41. The molecule has 2 N–H and O–H groups in total. The maximum Gasteiger partial charge on any atom is 0.226 e. The van der Waals surface area contributed by atoms with E-state index in [-0.39, 0.29) is 17.9 Å². The van der Waals surface area contributed by atoms with Crippen LogP contribution < -0.4 is 5.73 Å². The van der Waals surface area contributed by atoms with Gasteiger partial charge in [-0.2, -0.15) is 0 Å². The normalized spacial score (nSPS) is 22.0. The third kappa shape index (κ3) is 4.83. The molecule has 2 rings (SSSR count). The average molecular weight is 290 g/mol. The van der Waals surface area contributed by atoms with Crippen molar-refractivity contribution < 1.29 is 9.53 Å². The third-order valence-electron chi connectivity index (χ3n) is 4.16. The summed E-state index contributed by atoms with van der Waals surface area (Å²) in [5.74, 6) is 0.306. The van der Waals surface area contributed by atoms with Crippen molar-refractivity contribution in [3.63, 3.8) is 0 Å². The number of hydrogen-bond acceptors (Lipinski definition) is 3. The molecule has 116 valence electrons. The second-order valence-corrected chi connectivity index (χ2v) is 5.86. The van der Waals surface area contributed by atoms with E-state index in [1.54, 1.807) is 7.11 Å². The minimum atomic E-state index is 0.0781. The fraction of sp³-hybridized carbons (Fsp3) is 0.588. The maximum atomic E-state index is 12.8. The monoisotopic (exact) mass is 290 g/mol. The Balaban J connectivity index is 2.02. The number of benzene rings is 1. The molecule has 0 aliphatic heterocycles. The van der Waals surface area contributed by atoms with Crippen LogP contribution in [0.15, 0.2) is 30.3 Å². The van der Waals surface area contributed by atoms with E-state index in [1.165, 1.54) is 0 Å². The number of hydrogen-bond donors (Lipinski definition) is 1. The van der Waals surface area contributed by atoms with E-state index in [0.29, 0.717) is 19.7 Å². The highest BCUT2D eigenvalue weighted by Crippen LogP contribution is 2.25. The Morgan fingerprint density at radius 3 is 2.76 bits per heavy atom. The van der Waals surface area contributed by atoms with Crippen LogP contribution >= 0.6 is 0 Å². The standard InChI is InChI=1S/C17H26N2O2/c1-21-11-10-19(13-14-6-3-2-4-7-14)17(20)15-8-5-9-16(18)12-15/h2-4,6-7,15-16H,5,8-13,18H2,1H3. The lowest BCUT2D eigenvalue weighted by molar-refractivity contribution is -0.138. The van der Waals surface area contributed by atoms with Crippen molar-refractivity contribution in [3.05, 3.63) is 35.9 Å². The smallest absolute Gasteiger partial charge is 0.226 e. The molecule has 0 bridgehead atoms. The van der Waals surface area contributed by atoms with Crippen LogP contribution in [0.5, 0.6) is 0 Å². The second kappa shape index (κ2) is 8.15. The predicted molar refractivity (Wildman–Crippen MR) is 83.7 cm³/mol. The molecule has 1 fully saturated rings. The molecule has 1 aliphatic rings. The largest absolute Gasteiger partial charge is 0.383 e. The first-order valence-corrected chi connectivity index (χ1v) is 7.78. The van der Waals surface area contributed by atoms with E-state index in [1.807, 2.05) is 23.1 Å². The summed E-state index contributed by atoms with van der Waals surface area (Å²) in [6.45, 7) is 1.85. The number of methoxy groups -OCH3 is 1. The summed E-state index contributed by atoms with van der Waals surface area (Å²) in [6.07, 6.45) is 3.88. The Kier molecular flexibility index (Phi) is 6.21. The van der Waals surface area contributed by atoms with Crippen molar-refractivity contribution in [3.8, 4) is 0 Å². The number of carbonyl (C=O) groups excluding carboxylic acids is 1. The quantitative estimate of drug-likeness (QED) is 0.873. The molecule has 0 radical (unpaired) electrons. The maximum absolute atomic E-state index is 12.8. The van der Waals surface area contributed by atoms with E-state index in [9.17, 15) is 4.79 Å². The average Bonchev–Trinajstić information content (AvgIpc) is 2.51. The van der Waals surface area contributed by atoms with Crippen LogP contribution in [0.1, 0.15) is 31.2 Å². The number of carbonyl (C=O) groups is 1. The van der Waals surface area contributed by atoms with Crippen LogP contribution in [0, 0.1) is 5.92 Å². The van der Waals surface area contributed by atoms with Gasteiger partial charge in [-0.1, -0.05) is 36.8 Å². The molecule has 0 spiro atoms. The van der Waals surface area contributed by atoms with Gasteiger partial charge in [0.2, 0.25) is 5.91 Å². The van der Waals surface area contributed by atoms with Crippen molar-refractivity contribution >= 4 is 5.91 Å². The van der Waals surface area contributed by atoms with Crippen molar-refractivity contribution in [2.24, 2.45) is 11.7 Å². The molecule has 0 aromatic heterocycles. The van der Waals surface area contributed by atoms with Gasteiger partial charge in [0.25, 0.3) is 0 Å². The van der Waals surface area contributed by atoms with Gasteiger partial charge in [0.1, 0.15) is 0 Å². The first-order valence-electron chi connectivity index (χ1n) is 7.78. The Morgan fingerprint density at radius 2 is 2.10 bits per heavy atom. The van der Waals surface area contributed by atoms with E-state index >= 15 is 0 Å². The van der Waals surface area contributed by atoms with Crippen molar-refractivity contribution in [2.75, 3.05) is 20.3 Å². The van der Waals surface area contributed by atoms with Crippen LogP contribution in [0.3, 0.4) is 0 Å². The highest BCUT2D eigenvalue weighted by Gasteiger charge is 2.28. The van der Waals surface area contributed by atoms with Gasteiger partial charge in [-0.25, -0.2) is 0 Å². The number of ether oxygens (including phenoxy) is 1. The molecule has 4 heteroatoms. The number of amides is 1. The molecular formula is C17H26N2O2. The van der Waals surface area contributed by atoms with Gasteiger partial charge in [-0.3, -0.25) is 4.79 Å². The fourth-order valence-corrected chi connectivity index (χ4v) is 2.98. The predicted octanol–water partition coefficient (Wildman–Crippen LogP) is 2.18. The van der Waals surface area contributed by atoms with Gasteiger partial charge >= 0.3 is 0 Å². The molecule has 2 atom stereocenters. The van der Waals surface area contributed by atoms with Crippen LogP contribution in [0.25, 0.3) is 0 Å². The van der Waals surface area contributed by atoms with Gasteiger partial charge in [-0.15, -0.1) is 0 Å². The molecule has 1 aromatic carbocycles.